The standard InChI is InChI=1S/C13H15IO4/c14-8-11-10(6-7-12(15)17-11)18-13(16)9-4-2-1-3-5-9/h1-5,10-12,15H,6-8H2/t10-,11-,12+/m0/s1. The van der Waals surface area contributed by atoms with Gasteiger partial charge in [-0.05, 0) is 18.6 Å². The smallest absolute Gasteiger partial charge is 0.338 e. The molecule has 2 rings (SSSR count). The van der Waals surface area contributed by atoms with E-state index in [9.17, 15) is 9.90 Å². The third-order valence-electron chi connectivity index (χ3n) is 2.86. The Morgan fingerprint density at radius 3 is 2.78 bits per heavy atom. The lowest BCUT2D eigenvalue weighted by Gasteiger charge is -2.32. The van der Waals surface area contributed by atoms with E-state index in [1.165, 1.54) is 0 Å². The van der Waals surface area contributed by atoms with Crippen LogP contribution in [-0.2, 0) is 9.47 Å². The van der Waals surface area contributed by atoms with Gasteiger partial charge < -0.3 is 14.6 Å². The molecule has 0 radical (unpaired) electrons. The lowest BCUT2D eigenvalue weighted by molar-refractivity contribution is -0.190. The van der Waals surface area contributed by atoms with Gasteiger partial charge in [0.25, 0.3) is 0 Å². The van der Waals surface area contributed by atoms with Crippen LogP contribution in [0.2, 0.25) is 0 Å². The van der Waals surface area contributed by atoms with Crippen molar-refractivity contribution in [1.29, 1.82) is 0 Å². The zero-order valence-corrected chi connectivity index (χ0v) is 11.9. The molecule has 5 heteroatoms. The molecule has 1 N–H and O–H groups in total. The SMILES string of the molecule is O=C(O[C@H]1CC[C@H](O)O[C@H]1CI)c1ccccc1. The zero-order chi connectivity index (χ0) is 13.0. The summed E-state index contributed by atoms with van der Waals surface area (Å²) in [5.41, 5.74) is 0.538. The monoisotopic (exact) mass is 362 g/mol. The Morgan fingerprint density at radius 1 is 1.39 bits per heavy atom. The third kappa shape index (κ3) is 3.43. The van der Waals surface area contributed by atoms with Gasteiger partial charge in [0.15, 0.2) is 6.29 Å². The second-order valence-electron chi connectivity index (χ2n) is 4.17. The van der Waals surface area contributed by atoms with Crippen LogP contribution < -0.4 is 0 Å². The molecule has 1 fully saturated rings. The highest BCUT2D eigenvalue weighted by molar-refractivity contribution is 14.1. The maximum absolute atomic E-state index is 11.9. The molecule has 0 spiro atoms. The van der Waals surface area contributed by atoms with Crippen LogP contribution in [0.4, 0.5) is 0 Å². The van der Waals surface area contributed by atoms with Crippen molar-refractivity contribution >= 4 is 28.6 Å². The van der Waals surface area contributed by atoms with Gasteiger partial charge in [-0.15, -0.1) is 0 Å². The summed E-state index contributed by atoms with van der Waals surface area (Å²) in [6, 6.07) is 8.89. The molecule has 0 unspecified atom stereocenters. The Bertz CT molecular complexity index is 395. The Kier molecular flexibility index (Phi) is 4.96. The van der Waals surface area contributed by atoms with Gasteiger partial charge in [-0.25, -0.2) is 4.79 Å². The Hall–Kier alpha value is -0.660. The molecule has 1 aromatic rings. The van der Waals surface area contributed by atoms with Crippen LogP contribution in [0.3, 0.4) is 0 Å². The van der Waals surface area contributed by atoms with Gasteiger partial charge in [0.2, 0.25) is 0 Å². The van der Waals surface area contributed by atoms with E-state index in [2.05, 4.69) is 22.6 Å². The summed E-state index contributed by atoms with van der Waals surface area (Å²) in [5, 5.41) is 9.41. The molecule has 0 aliphatic carbocycles. The topological polar surface area (TPSA) is 55.8 Å². The first kappa shape index (κ1) is 13.8. The Morgan fingerprint density at radius 2 is 2.11 bits per heavy atom. The van der Waals surface area contributed by atoms with E-state index in [1.54, 1.807) is 24.3 Å². The molecular weight excluding hydrogens is 347 g/mol. The van der Waals surface area contributed by atoms with Gasteiger partial charge in [0, 0.05) is 10.8 Å². The number of esters is 1. The first-order chi connectivity index (χ1) is 8.70. The molecule has 1 aromatic carbocycles. The van der Waals surface area contributed by atoms with Crippen molar-refractivity contribution in [3.8, 4) is 0 Å². The molecule has 0 saturated carbocycles. The Labute approximate surface area is 119 Å². The average Bonchev–Trinajstić information content (AvgIpc) is 2.41. The number of halogens is 1. The van der Waals surface area contributed by atoms with Gasteiger partial charge >= 0.3 is 5.97 Å². The fourth-order valence-corrected chi connectivity index (χ4v) is 2.68. The quantitative estimate of drug-likeness (QED) is 0.509. The minimum absolute atomic E-state index is 0.234. The van der Waals surface area contributed by atoms with E-state index in [1.807, 2.05) is 6.07 Å². The Balaban J connectivity index is 1.98. The van der Waals surface area contributed by atoms with Gasteiger partial charge in [0.1, 0.15) is 12.2 Å². The van der Waals surface area contributed by atoms with Gasteiger partial charge in [-0.2, -0.15) is 0 Å². The van der Waals surface area contributed by atoms with E-state index < -0.39 is 6.29 Å². The summed E-state index contributed by atoms with van der Waals surface area (Å²) >= 11 is 2.17. The number of benzene rings is 1. The molecule has 1 saturated heterocycles. The maximum Gasteiger partial charge on any atom is 0.338 e. The number of ether oxygens (including phenoxy) is 2. The molecule has 4 nitrogen and oxygen atoms in total. The van der Waals surface area contributed by atoms with Gasteiger partial charge in [-0.1, -0.05) is 40.8 Å². The summed E-state index contributed by atoms with van der Waals surface area (Å²) in [5.74, 6) is -0.338. The van der Waals surface area contributed by atoms with Crippen molar-refractivity contribution in [2.45, 2.75) is 31.3 Å². The van der Waals surface area contributed by atoms with E-state index in [4.69, 9.17) is 9.47 Å². The van der Waals surface area contributed by atoms with Crippen LogP contribution in [0.5, 0.6) is 0 Å². The minimum atomic E-state index is -0.739. The number of aliphatic hydroxyl groups excluding tert-OH is 1. The molecule has 0 bridgehead atoms. The summed E-state index contributed by atoms with van der Waals surface area (Å²) in [6.07, 6.45) is -0.121. The van der Waals surface area contributed by atoms with Crippen molar-refractivity contribution in [1.82, 2.24) is 0 Å². The van der Waals surface area contributed by atoms with Crippen LogP contribution in [0, 0.1) is 0 Å². The number of carbonyl (C=O) groups is 1. The summed E-state index contributed by atoms with van der Waals surface area (Å²) in [7, 11) is 0. The molecule has 0 aromatic heterocycles. The molecule has 1 heterocycles. The first-order valence-corrected chi connectivity index (χ1v) is 7.39. The number of rotatable bonds is 3. The summed E-state index contributed by atoms with van der Waals surface area (Å²) in [4.78, 5) is 11.9. The molecule has 1 aliphatic rings. The van der Waals surface area contributed by atoms with Gasteiger partial charge in [0.05, 0.1) is 5.56 Å². The molecule has 1 aliphatic heterocycles. The van der Waals surface area contributed by atoms with Crippen molar-refractivity contribution in [3.63, 3.8) is 0 Å². The maximum atomic E-state index is 11.9. The normalized spacial score (nSPS) is 27.8. The predicted octanol–water partition coefficient (Wildman–Crippen LogP) is 2.14. The number of hydrogen-bond donors (Lipinski definition) is 1. The van der Waals surface area contributed by atoms with Crippen molar-refractivity contribution in [2.75, 3.05) is 4.43 Å². The summed E-state index contributed by atoms with van der Waals surface area (Å²) in [6.45, 7) is 0. The highest BCUT2D eigenvalue weighted by atomic mass is 127. The highest BCUT2D eigenvalue weighted by Crippen LogP contribution is 2.23. The fraction of sp³-hybridized carbons (Fsp3) is 0.462. The molecule has 18 heavy (non-hydrogen) atoms. The lowest BCUT2D eigenvalue weighted by Crippen LogP contribution is -2.42. The summed E-state index contributed by atoms with van der Waals surface area (Å²) < 4.78 is 11.5. The van der Waals surface area contributed by atoms with Crippen LogP contribution in [0.25, 0.3) is 0 Å². The second-order valence-corrected chi connectivity index (χ2v) is 5.05. The lowest BCUT2D eigenvalue weighted by atomic mass is 10.1. The van der Waals surface area contributed by atoms with E-state index in [0.717, 1.165) is 0 Å². The van der Waals surface area contributed by atoms with Gasteiger partial charge in [-0.3, -0.25) is 0 Å². The minimum Gasteiger partial charge on any atom is -0.456 e. The molecule has 0 amide bonds. The predicted molar refractivity (Wildman–Crippen MR) is 74.6 cm³/mol. The molecule has 98 valence electrons. The zero-order valence-electron chi connectivity index (χ0n) is 9.79. The first-order valence-electron chi connectivity index (χ1n) is 5.86. The van der Waals surface area contributed by atoms with Crippen molar-refractivity contribution in [2.24, 2.45) is 0 Å². The largest absolute Gasteiger partial charge is 0.456 e. The number of hydrogen-bond acceptors (Lipinski definition) is 4. The fourth-order valence-electron chi connectivity index (χ4n) is 1.90. The van der Waals surface area contributed by atoms with Crippen molar-refractivity contribution < 1.29 is 19.4 Å². The van der Waals surface area contributed by atoms with E-state index in [-0.39, 0.29) is 18.2 Å². The van der Waals surface area contributed by atoms with Crippen LogP contribution in [0.15, 0.2) is 30.3 Å². The number of aliphatic hydroxyl groups is 1. The van der Waals surface area contributed by atoms with E-state index >= 15 is 0 Å². The van der Waals surface area contributed by atoms with Crippen LogP contribution in [-0.4, -0.2) is 34.0 Å². The van der Waals surface area contributed by atoms with Crippen molar-refractivity contribution in [3.05, 3.63) is 35.9 Å². The van der Waals surface area contributed by atoms with Crippen LogP contribution in [0.1, 0.15) is 23.2 Å². The molecule has 3 atom stereocenters. The molecular formula is C13H15IO4. The average molecular weight is 362 g/mol. The van der Waals surface area contributed by atoms with Crippen LogP contribution >= 0.6 is 22.6 Å². The number of carbonyl (C=O) groups excluding carboxylic acids is 1. The highest BCUT2D eigenvalue weighted by Gasteiger charge is 2.32. The van der Waals surface area contributed by atoms with E-state index in [0.29, 0.717) is 22.8 Å². The second kappa shape index (κ2) is 6.49. The number of alkyl halides is 1. The third-order valence-corrected chi connectivity index (χ3v) is 3.73.